The van der Waals surface area contributed by atoms with E-state index < -0.39 is 20.4 Å². The van der Waals surface area contributed by atoms with E-state index in [1.165, 1.54) is 25.7 Å². The van der Waals surface area contributed by atoms with E-state index in [-0.39, 0.29) is 0 Å². The minimum absolute atomic E-state index is 0.558. The van der Waals surface area contributed by atoms with Gasteiger partial charge in [0.15, 0.2) is 0 Å². The van der Waals surface area contributed by atoms with Gasteiger partial charge in [-0.1, -0.05) is 38.3 Å². The molecule has 1 aromatic rings. The zero-order valence-corrected chi connectivity index (χ0v) is 13.4. The largest absolute Gasteiger partial charge is 0.503 e. The molecule has 1 rings (SSSR count). The summed E-state index contributed by atoms with van der Waals surface area (Å²) >= 11 is 0. The summed E-state index contributed by atoms with van der Waals surface area (Å²) in [5, 5.41) is 6.33. The van der Waals surface area contributed by atoms with Crippen LogP contribution < -0.4 is 0 Å². The minimum Gasteiger partial charge on any atom is -0.264 e. The zero-order valence-electron chi connectivity index (χ0n) is 12.6. The number of aromatic amines is 1. The number of alkyl halides is 3. The fraction of sp³-hybridized carbons (Fsp3) is 0.692. The highest BCUT2D eigenvalue weighted by atomic mass is 32.2. The van der Waals surface area contributed by atoms with Crippen LogP contribution in [0, 0.1) is 11.8 Å². The minimum atomic E-state index is -5.34. The van der Waals surface area contributed by atoms with E-state index in [9.17, 15) is 21.6 Å². The van der Waals surface area contributed by atoms with Crippen LogP contribution in [-0.2, 0) is 9.84 Å². The van der Waals surface area contributed by atoms with Crippen LogP contribution >= 0.6 is 0 Å². The number of hydrogen-bond acceptors (Lipinski definition) is 4. The Labute approximate surface area is 128 Å². The van der Waals surface area contributed by atoms with E-state index in [2.05, 4.69) is 36.0 Å². The summed E-state index contributed by atoms with van der Waals surface area (Å²) < 4.78 is 56.1. The van der Waals surface area contributed by atoms with Gasteiger partial charge in [-0.25, -0.2) is 8.42 Å². The van der Waals surface area contributed by atoms with Crippen LogP contribution in [0.15, 0.2) is 11.2 Å². The van der Waals surface area contributed by atoms with E-state index in [1.807, 2.05) is 5.10 Å². The second kappa shape index (κ2) is 10.2. The van der Waals surface area contributed by atoms with Crippen molar-refractivity contribution in [2.24, 2.45) is 0 Å². The van der Waals surface area contributed by atoms with E-state index in [0.717, 1.165) is 12.8 Å². The lowest BCUT2D eigenvalue weighted by Gasteiger charge is -2.02. The molecule has 0 fully saturated rings. The third-order valence-electron chi connectivity index (χ3n) is 2.43. The number of sulfone groups is 1. The first-order valence-corrected chi connectivity index (χ1v) is 8.39. The average molecular weight is 339 g/mol. The predicted molar refractivity (Wildman–Crippen MR) is 76.4 cm³/mol. The summed E-state index contributed by atoms with van der Waals surface area (Å²) in [6.07, 6.45) is 8.01. The molecule has 126 valence electrons. The van der Waals surface area contributed by atoms with Gasteiger partial charge in [0, 0.05) is 12.8 Å². The van der Waals surface area contributed by atoms with Gasteiger partial charge in [0.2, 0.25) is 5.03 Å². The van der Waals surface area contributed by atoms with Gasteiger partial charge in [0.1, 0.15) is 0 Å². The first-order chi connectivity index (χ1) is 10.3. The topological polar surface area (TPSA) is 75.7 Å². The van der Waals surface area contributed by atoms with Crippen molar-refractivity contribution < 1.29 is 21.6 Å². The molecule has 1 aromatic heterocycles. The zero-order chi connectivity index (χ0) is 17.1. The number of aromatic nitrogens is 3. The SMILES string of the molecule is CCC#CCCCCCC.O=S(=O)(c1c[nH]nn1)C(F)(F)F. The first-order valence-electron chi connectivity index (χ1n) is 6.90. The second-order valence-corrected chi connectivity index (χ2v) is 6.17. The molecular formula is C13H20F3N3O2S. The Balaban J connectivity index is 0.000000409. The van der Waals surface area contributed by atoms with E-state index in [0.29, 0.717) is 6.20 Å². The summed E-state index contributed by atoms with van der Waals surface area (Å²) in [6, 6.07) is 0. The Morgan fingerprint density at radius 1 is 1.18 bits per heavy atom. The highest BCUT2D eigenvalue weighted by molar-refractivity contribution is 7.92. The normalized spacial score (nSPS) is 11.1. The van der Waals surface area contributed by atoms with Crippen molar-refractivity contribution in [3.8, 4) is 11.8 Å². The molecule has 0 saturated heterocycles. The smallest absolute Gasteiger partial charge is 0.264 e. The molecule has 0 amide bonds. The van der Waals surface area contributed by atoms with Crippen molar-refractivity contribution >= 4 is 9.84 Å². The van der Waals surface area contributed by atoms with Gasteiger partial charge in [0.25, 0.3) is 9.84 Å². The second-order valence-electron chi connectivity index (χ2n) is 4.28. The number of rotatable bonds is 5. The maximum atomic E-state index is 11.7. The molecule has 0 aliphatic carbocycles. The van der Waals surface area contributed by atoms with Gasteiger partial charge >= 0.3 is 5.51 Å². The molecule has 22 heavy (non-hydrogen) atoms. The quantitative estimate of drug-likeness (QED) is 0.658. The average Bonchev–Trinajstić information content (AvgIpc) is 2.97. The Kier molecular flexibility index (Phi) is 9.49. The number of hydrogen-bond donors (Lipinski definition) is 1. The van der Waals surface area contributed by atoms with Crippen LogP contribution in [0.4, 0.5) is 13.2 Å². The number of nitrogens with one attached hydrogen (secondary N) is 1. The third kappa shape index (κ3) is 7.45. The van der Waals surface area contributed by atoms with Crippen molar-refractivity contribution in [2.75, 3.05) is 0 Å². The van der Waals surface area contributed by atoms with Gasteiger partial charge in [-0.2, -0.15) is 13.2 Å². The molecule has 0 unspecified atom stereocenters. The summed E-state index contributed by atoms with van der Waals surface area (Å²) in [5.41, 5.74) is -5.33. The molecule has 1 N–H and O–H groups in total. The number of halogens is 3. The monoisotopic (exact) mass is 339 g/mol. The lowest BCUT2D eigenvalue weighted by molar-refractivity contribution is -0.0438. The van der Waals surface area contributed by atoms with E-state index >= 15 is 0 Å². The highest BCUT2D eigenvalue weighted by Gasteiger charge is 2.48. The van der Waals surface area contributed by atoms with Crippen molar-refractivity contribution in [2.45, 2.75) is 62.9 Å². The lowest BCUT2D eigenvalue weighted by Crippen LogP contribution is -2.23. The van der Waals surface area contributed by atoms with Crippen LogP contribution in [-0.4, -0.2) is 29.3 Å². The predicted octanol–water partition coefficient (Wildman–Crippen LogP) is 3.47. The molecule has 0 aromatic carbocycles. The summed E-state index contributed by atoms with van der Waals surface area (Å²) in [5.74, 6) is 6.22. The van der Waals surface area contributed by atoms with Gasteiger partial charge in [-0.05, 0) is 6.42 Å². The van der Waals surface area contributed by atoms with Crippen LogP contribution in [0.5, 0.6) is 0 Å². The van der Waals surface area contributed by atoms with Crippen LogP contribution in [0.3, 0.4) is 0 Å². The first kappa shape index (κ1) is 20.4. The van der Waals surface area contributed by atoms with Gasteiger partial charge in [-0.3, -0.25) is 5.10 Å². The molecule has 0 aliphatic heterocycles. The Morgan fingerprint density at radius 2 is 1.86 bits per heavy atom. The van der Waals surface area contributed by atoms with E-state index in [4.69, 9.17) is 0 Å². The number of unbranched alkanes of at least 4 members (excludes halogenated alkanes) is 4. The lowest BCUT2D eigenvalue weighted by atomic mass is 10.1. The van der Waals surface area contributed by atoms with Crippen molar-refractivity contribution in [3.63, 3.8) is 0 Å². The van der Waals surface area contributed by atoms with Gasteiger partial charge < -0.3 is 0 Å². The fourth-order valence-corrected chi connectivity index (χ4v) is 1.89. The fourth-order valence-electron chi connectivity index (χ4n) is 1.29. The molecule has 0 bridgehead atoms. The highest BCUT2D eigenvalue weighted by Crippen LogP contribution is 2.28. The maximum Gasteiger partial charge on any atom is 0.503 e. The number of H-pyrrole nitrogens is 1. The van der Waals surface area contributed by atoms with Crippen LogP contribution in [0.1, 0.15) is 52.4 Å². The van der Waals surface area contributed by atoms with Crippen molar-refractivity contribution in [1.82, 2.24) is 15.4 Å². The Morgan fingerprint density at radius 3 is 2.32 bits per heavy atom. The Hall–Kier alpha value is -1.56. The molecule has 1 heterocycles. The molecule has 9 heteroatoms. The van der Waals surface area contributed by atoms with Gasteiger partial charge in [-0.15, -0.1) is 16.9 Å². The van der Waals surface area contributed by atoms with Crippen molar-refractivity contribution in [1.29, 1.82) is 0 Å². The number of nitrogens with zero attached hydrogens (tertiary/aromatic N) is 2. The maximum absolute atomic E-state index is 11.7. The Bertz CT molecular complexity index is 558. The molecule has 0 spiro atoms. The van der Waals surface area contributed by atoms with Crippen LogP contribution in [0.25, 0.3) is 0 Å². The third-order valence-corrected chi connectivity index (χ3v) is 3.79. The summed E-state index contributed by atoms with van der Waals surface area (Å²) in [6.45, 7) is 4.33. The molecule has 0 atom stereocenters. The van der Waals surface area contributed by atoms with E-state index in [1.54, 1.807) is 0 Å². The molecule has 0 radical (unpaired) electrons. The van der Waals surface area contributed by atoms with Crippen LogP contribution in [0.2, 0.25) is 0 Å². The molecule has 0 saturated carbocycles. The molecule has 0 aliphatic rings. The van der Waals surface area contributed by atoms with Gasteiger partial charge in [0.05, 0.1) is 6.20 Å². The standard InChI is InChI=1S/C10H18.C3H2F3N3O2S/c1-3-5-7-9-10-8-6-4-2;4-3(5,6)12(10,11)2-1-7-9-8-2/h3-5,7,9-10H2,1-2H3;1H,(H,7,8,9). The molecular weight excluding hydrogens is 319 g/mol. The summed E-state index contributed by atoms with van der Waals surface area (Å²) in [7, 11) is -5.34. The molecule has 5 nitrogen and oxygen atoms in total. The van der Waals surface area contributed by atoms with Crippen molar-refractivity contribution in [3.05, 3.63) is 6.20 Å². The summed E-state index contributed by atoms with van der Waals surface area (Å²) in [4.78, 5) is 0.